The minimum atomic E-state index is 0.0852. The number of piperidine rings is 1. The molecule has 4 nitrogen and oxygen atoms in total. The monoisotopic (exact) mass is 288 g/mol. The predicted molar refractivity (Wildman–Crippen MR) is 85.3 cm³/mol. The van der Waals surface area contributed by atoms with Gasteiger partial charge in [0.2, 0.25) is 5.91 Å². The molecule has 1 heterocycles. The second-order valence-electron chi connectivity index (χ2n) is 5.23. The number of methoxy groups -OCH3 is 1. The largest absolute Gasteiger partial charge is 0.497 e. The minimum absolute atomic E-state index is 0.0852. The van der Waals surface area contributed by atoms with Crippen molar-refractivity contribution in [3.05, 3.63) is 35.9 Å². The van der Waals surface area contributed by atoms with Crippen molar-refractivity contribution in [2.45, 2.75) is 25.8 Å². The molecule has 1 aromatic carbocycles. The van der Waals surface area contributed by atoms with Crippen LogP contribution in [-0.2, 0) is 4.79 Å². The topological polar surface area (TPSA) is 41.6 Å². The summed E-state index contributed by atoms with van der Waals surface area (Å²) in [4.78, 5) is 14.3. The Morgan fingerprint density at radius 1 is 1.43 bits per heavy atom. The highest BCUT2D eigenvalue weighted by molar-refractivity contribution is 5.92. The van der Waals surface area contributed by atoms with Gasteiger partial charge in [-0.05, 0) is 50.1 Å². The number of benzene rings is 1. The Morgan fingerprint density at radius 2 is 2.19 bits per heavy atom. The number of hydrogen-bond acceptors (Lipinski definition) is 3. The zero-order valence-corrected chi connectivity index (χ0v) is 12.8. The molecule has 2 rings (SSSR count). The molecular weight excluding hydrogens is 264 g/mol. The first kappa shape index (κ1) is 15.6. The highest BCUT2D eigenvalue weighted by Gasteiger charge is 2.22. The first-order valence-electron chi connectivity index (χ1n) is 7.58. The van der Waals surface area contributed by atoms with Crippen LogP contribution in [-0.4, -0.2) is 43.6 Å². The normalized spacial score (nSPS) is 18.7. The molecule has 1 N–H and O–H groups in total. The van der Waals surface area contributed by atoms with E-state index in [-0.39, 0.29) is 5.91 Å². The van der Waals surface area contributed by atoms with Gasteiger partial charge in [0.15, 0.2) is 0 Å². The average molecular weight is 288 g/mol. The van der Waals surface area contributed by atoms with E-state index in [9.17, 15) is 4.79 Å². The van der Waals surface area contributed by atoms with Crippen LogP contribution in [0.5, 0.6) is 5.75 Å². The van der Waals surface area contributed by atoms with Gasteiger partial charge in [-0.3, -0.25) is 4.79 Å². The Labute approximate surface area is 126 Å². The Morgan fingerprint density at radius 3 is 2.76 bits per heavy atom. The van der Waals surface area contributed by atoms with Crippen LogP contribution in [0.1, 0.15) is 25.3 Å². The molecule has 0 aromatic heterocycles. The fourth-order valence-electron chi connectivity index (χ4n) is 2.67. The molecular formula is C17H24N2O2. The third-order valence-electron chi connectivity index (χ3n) is 3.87. The van der Waals surface area contributed by atoms with Crippen LogP contribution in [0.3, 0.4) is 0 Å². The van der Waals surface area contributed by atoms with Gasteiger partial charge in [-0.25, -0.2) is 0 Å². The van der Waals surface area contributed by atoms with Crippen LogP contribution in [0.4, 0.5) is 0 Å². The van der Waals surface area contributed by atoms with E-state index < -0.39 is 0 Å². The van der Waals surface area contributed by atoms with E-state index >= 15 is 0 Å². The number of nitrogens with one attached hydrogen (secondary N) is 1. The van der Waals surface area contributed by atoms with Gasteiger partial charge in [-0.1, -0.05) is 12.1 Å². The lowest BCUT2D eigenvalue weighted by Gasteiger charge is -2.33. The molecule has 0 radical (unpaired) electrons. The fraction of sp³-hybridized carbons (Fsp3) is 0.471. The van der Waals surface area contributed by atoms with Crippen LogP contribution in [0.25, 0.3) is 6.08 Å². The number of hydrogen-bond donors (Lipinski definition) is 1. The molecule has 0 aliphatic carbocycles. The smallest absolute Gasteiger partial charge is 0.246 e. The zero-order valence-electron chi connectivity index (χ0n) is 12.8. The molecule has 1 aromatic rings. The molecule has 4 heteroatoms. The second-order valence-corrected chi connectivity index (χ2v) is 5.23. The Balaban J connectivity index is 1.98. The quantitative estimate of drug-likeness (QED) is 0.845. The van der Waals surface area contributed by atoms with Gasteiger partial charge in [0.1, 0.15) is 5.75 Å². The van der Waals surface area contributed by atoms with E-state index in [1.54, 1.807) is 13.2 Å². The standard InChI is InChI=1S/C17H24N2O2/c1-3-19(15-5-4-12-18-13-15)17(20)11-8-14-6-9-16(21-2)10-7-14/h6-11,15,18H,3-5,12-13H2,1-2H3. The summed E-state index contributed by atoms with van der Waals surface area (Å²) >= 11 is 0. The summed E-state index contributed by atoms with van der Waals surface area (Å²) in [6.45, 7) is 4.74. The molecule has 1 aliphatic rings. The molecule has 1 saturated heterocycles. The lowest BCUT2D eigenvalue weighted by atomic mass is 10.1. The average Bonchev–Trinajstić information content (AvgIpc) is 2.55. The fourth-order valence-corrected chi connectivity index (χ4v) is 2.67. The number of nitrogens with zero attached hydrogens (tertiary/aromatic N) is 1. The highest BCUT2D eigenvalue weighted by atomic mass is 16.5. The molecule has 0 saturated carbocycles. The van der Waals surface area contributed by atoms with Gasteiger partial charge < -0.3 is 15.0 Å². The van der Waals surface area contributed by atoms with Crippen LogP contribution in [0.2, 0.25) is 0 Å². The number of ether oxygens (including phenoxy) is 1. The van der Waals surface area contributed by atoms with Gasteiger partial charge in [0.05, 0.1) is 7.11 Å². The van der Waals surface area contributed by atoms with Crippen molar-refractivity contribution in [3.63, 3.8) is 0 Å². The molecule has 1 unspecified atom stereocenters. The maximum absolute atomic E-state index is 12.4. The van der Waals surface area contributed by atoms with Crippen LogP contribution in [0, 0.1) is 0 Å². The Kier molecular flexibility index (Phi) is 5.81. The van der Waals surface area contributed by atoms with Crippen molar-refractivity contribution in [1.82, 2.24) is 10.2 Å². The van der Waals surface area contributed by atoms with Crippen molar-refractivity contribution in [2.75, 3.05) is 26.7 Å². The molecule has 0 bridgehead atoms. The number of amides is 1. The van der Waals surface area contributed by atoms with Crippen LogP contribution < -0.4 is 10.1 Å². The van der Waals surface area contributed by atoms with Crippen molar-refractivity contribution in [1.29, 1.82) is 0 Å². The third-order valence-corrected chi connectivity index (χ3v) is 3.87. The Bertz CT molecular complexity index is 476. The first-order chi connectivity index (χ1) is 10.2. The molecule has 1 fully saturated rings. The zero-order chi connectivity index (χ0) is 15.1. The molecule has 0 spiro atoms. The molecule has 114 valence electrons. The summed E-state index contributed by atoms with van der Waals surface area (Å²) in [6.07, 6.45) is 5.75. The number of rotatable bonds is 5. The van der Waals surface area contributed by atoms with E-state index in [1.807, 2.05) is 42.2 Å². The second kappa shape index (κ2) is 7.84. The summed E-state index contributed by atoms with van der Waals surface area (Å²) in [5.74, 6) is 0.906. The third kappa shape index (κ3) is 4.33. The maximum atomic E-state index is 12.4. The van der Waals surface area contributed by atoms with Gasteiger partial charge >= 0.3 is 0 Å². The van der Waals surface area contributed by atoms with Gasteiger partial charge in [-0.15, -0.1) is 0 Å². The summed E-state index contributed by atoms with van der Waals surface area (Å²) in [5, 5.41) is 3.36. The first-order valence-corrected chi connectivity index (χ1v) is 7.58. The van der Waals surface area contributed by atoms with Crippen LogP contribution >= 0.6 is 0 Å². The summed E-state index contributed by atoms with van der Waals surface area (Å²) in [7, 11) is 1.64. The molecule has 1 amide bonds. The SMILES string of the molecule is CCN(C(=O)C=Cc1ccc(OC)cc1)C1CCCNC1. The molecule has 1 atom stereocenters. The minimum Gasteiger partial charge on any atom is -0.497 e. The molecule has 1 aliphatic heterocycles. The van der Waals surface area contributed by atoms with E-state index in [0.29, 0.717) is 6.04 Å². The number of carbonyl (C=O) groups is 1. The summed E-state index contributed by atoms with van der Waals surface area (Å²) in [5.41, 5.74) is 1.00. The van der Waals surface area contributed by atoms with Crippen molar-refractivity contribution >= 4 is 12.0 Å². The lowest BCUT2D eigenvalue weighted by Crippen LogP contribution is -2.48. The Hall–Kier alpha value is -1.81. The van der Waals surface area contributed by atoms with Crippen LogP contribution in [0.15, 0.2) is 30.3 Å². The van der Waals surface area contributed by atoms with E-state index in [0.717, 1.165) is 43.8 Å². The van der Waals surface area contributed by atoms with E-state index in [4.69, 9.17) is 4.74 Å². The van der Waals surface area contributed by atoms with Gasteiger partial charge in [0.25, 0.3) is 0 Å². The van der Waals surface area contributed by atoms with Gasteiger partial charge in [0, 0.05) is 25.2 Å². The molecule has 21 heavy (non-hydrogen) atoms. The number of likely N-dealkylation sites (N-methyl/N-ethyl adjacent to an activating group) is 1. The summed E-state index contributed by atoms with van der Waals surface area (Å²) < 4.78 is 5.12. The van der Waals surface area contributed by atoms with Crippen molar-refractivity contribution in [2.24, 2.45) is 0 Å². The maximum Gasteiger partial charge on any atom is 0.246 e. The van der Waals surface area contributed by atoms with E-state index in [2.05, 4.69) is 5.32 Å². The summed E-state index contributed by atoms with van der Waals surface area (Å²) in [6, 6.07) is 8.00. The predicted octanol–water partition coefficient (Wildman–Crippen LogP) is 2.31. The highest BCUT2D eigenvalue weighted by Crippen LogP contribution is 2.14. The lowest BCUT2D eigenvalue weighted by molar-refractivity contribution is -0.128. The van der Waals surface area contributed by atoms with Crippen molar-refractivity contribution in [3.8, 4) is 5.75 Å². The number of carbonyl (C=O) groups excluding carboxylic acids is 1. The van der Waals surface area contributed by atoms with Crippen molar-refractivity contribution < 1.29 is 9.53 Å². The van der Waals surface area contributed by atoms with E-state index in [1.165, 1.54) is 0 Å². The van der Waals surface area contributed by atoms with Gasteiger partial charge in [-0.2, -0.15) is 0 Å².